The Kier molecular flexibility index (Phi) is 8.69. The van der Waals surface area contributed by atoms with E-state index in [0.29, 0.717) is 0 Å². The topological polar surface area (TPSA) is 3.24 Å². The number of anilines is 3. The number of rotatable bonds is 7. The Hall–Kier alpha value is -7.22. The maximum atomic E-state index is 2.43. The molecule has 0 amide bonds. The summed E-state index contributed by atoms with van der Waals surface area (Å²) >= 11 is 0. The van der Waals surface area contributed by atoms with Crippen LogP contribution in [0.15, 0.2) is 212 Å². The van der Waals surface area contributed by atoms with Crippen LogP contribution in [0, 0.1) is 13.8 Å². The summed E-state index contributed by atoms with van der Waals surface area (Å²) < 4.78 is 0. The Bertz CT molecular complexity index is 3020. The van der Waals surface area contributed by atoms with Crippen LogP contribution in [0.5, 0.6) is 0 Å². The van der Waals surface area contributed by atoms with Crippen molar-refractivity contribution in [3.63, 3.8) is 0 Å². The standard InChI is InChI=1S/C56H41N/c1-38-33-39(2)35-47(34-38)57(45-29-27-41(28-30-45)40-17-7-3-8-18-40)46-31-32-50-53(36-46)48-25-15-16-26-49(48)55-52(43-21-11-5-12-22-43)37-51(42-19-9-4-10-20-42)54(56(50)55)44-23-13-6-14-24-44/h3-37H,1-2H3. The lowest BCUT2D eigenvalue weighted by atomic mass is 9.81. The van der Waals surface area contributed by atoms with Gasteiger partial charge in [0.25, 0.3) is 0 Å². The molecule has 10 rings (SSSR count). The van der Waals surface area contributed by atoms with Crippen molar-refractivity contribution in [2.24, 2.45) is 0 Å². The molecule has 0 aliphatic carbocycles. The molecule has 1 nitrogen and oxygen atoms in total. The monoisotopic (exact) mass is 727 g/mol. The second-order valence-corrected chi connectivity index (χ2v) is 15.1. The number of aryl methyl sites for hydroxylation is 2. The average molecular weight is 728 g/mol. The molecule has 0 bridgehead atoms. The van der Waals surface area contributed by atoms with Gasteiger partial charge in [-0.15, -0.1) is 0 Å². The summed E-state index contributed by atoms with van der Waals surface area (Å²) in [7, 11) is 0. The summed E-state index contributed by atoms with van der Waals surface area (Å²) in [5, 5.41) is 7.50. The zero-order valence-electron chi connectivity index (χ0n) is 32.2. The van der Waals surface area contributed by atoms with Crippen LogP contribution in [0.25, 0.3) is 76.8 Å². The number of fused-ring (bicyclic) bond motifs is 6. The first-order chi connectivity index (χ1) is 28.1. The molecule has 0 heterocycles. The van der Waals surface area contributed by atoms with E-state index in [1.54, 1.807) is 0 Å². The minimum Gasteiger partial charge on any atom is -0.310 e. The number of hydrogen-bond acceptors (Lipinski definition) is 1. The van der Waals surface area contributed by atoms with Gasteiger partial charge in [0.2, 0.25) is 0 Å². The van der Waals surface area contributed by atoms with Crippen LogP contribution < -0.4 is 4.90 Å². The fourth-order valence-electron chi connectivity index (χ4n) is 8.84. The van der Waals surface area contributed by atoms with Crippen LogP contribution in [0.4, 0.5) is 17.1 Å². The van der Waals surface area contributed by atoms with Crippen molar-refractivity contribution < 1.29 is 0 Å². The van der Waals surface area contributed by atoms with Gasteiger partial charge in [-0.05, 0) is 144 Å². The van der Waals surface area contributed by atoms with E-state index in [2.05, 4.69) is 231 Å². The van der Waals surface area contributed by atoms with Crippen molar-refractivity contribution in [1.29, 1.82) is 0 Å². The van der Waals surface area contributed by atoms with E-state index in [9.17, 15) is 0 Å². The molecule has 0 unspecified atom stereocenters. The molecule has 0 radical (unpaired) electrons. The lowest BCUT2D eigenvalue weighted by Crippen LogP contribution is -2.10. The minimum atomic E-state index is 1.12. The fraction of sp³-hybridized carbons (Fsp3) is 0.0357. The van der Waals surface area contributed by atoms with Crippen LogP contribution in [-0.2, 0) is 0 Å². The molecule has 0 aliphatic heterocycles. The number of hydrogen-bond donors (Lipinski definition) is 0. The number of benzene rings is 10. The lowest BCUT2D eigenvalue weighted by Gasteiger charge is -2.28. The molecule has 10 aromatic carbocycles. The highest BCUT2D eigenvalue weighted by Gasteiger charge is 2.23. The number of nitrogens with zero attached hydrogens (tertiary/aromatic N) is 1. The van der Waals surface area contributed by atoms with E-state index in [-0.39, 0.29) is 0 Å². The molecule has 0 saturated carbocycles. The molecule has 270 valence electrons. The van der Waals surface area contributed by atoms with E-state index in [0.717, 1.165) is 17.1 Å². The summed E-state index contributed by atoms with van der Waals surface area (Å²) in [6, 6.07) is 77.8. The lowest BCUT2D eigenvalue weighted by molar-refractivity contribution is 1.26. The summed E-state index contributed by atoms with van der Waals surface area (Å²) in [5.74, 6) is 0. The van der Waals surface area contributed by atoms with Crippen LogP contribution in [-0.4, -0.2) is 0 Å². The molecule has 0 fully saturated rings. The van der Waals surface area contributed by atoms with E-state index in [1.807, 2.05) is 0 Å². The first kappa shape index (κ1) is 34.3. The normalized spacial score (nSPS) is 11.3. The maximum absolute atomic E-state index is 2.43. The Balaban J connectivity index is 1.31. The summed E-state index contributed by atoms with van der Waals surface area (Å²) in [6.07, 6.45) is 0. The van der Waals surface area contributed by atoms with Crippen molar-refractivity contribution in [2.75, 3.05) is 4.90 Å². The smallest absolute Gasteiger partial charge is 0.0468 e. The van der Waals surface area contributed by atoms with Crippen molar-refractivity contribution in [3.8, 4) is 44.5 Å². The molecular formula is C56H41N. The zero-order valence-corrected chi connectivity index (χ0v) is 32.2. The van der Waals surface area contributed by atoms with Gasteiger partial charge in [-0.2, -0.15) is 0 Å². The quantitative estimate of drug-likeness (QED) is 0.148. The first-order valence-corrected chi connectivity index (χ1v) is 19.8. The predicted octanol–water partition coefficient (Wildman–Crippen LogP) is 15.9. The first-order valence-electron chi connectivity index (χ1n) is 19.8. The highest BCUT2D eigenvalue weighted by atomic mass is 15.1. The Morgan fingerprint density at radius 1 is 0.281 bits per heavy atom. The second-order valence-electron chi connectivity index (χ2n) is 15.1. The van der Waals surface area contributed by atoms with Crippen molar-refractivity contribution >= 4 is 49.4 Å². The van der Waals surface area contributed by atoms with Gasteiger partial charge in [-0.3, -0.25) is 0 Å². The highest BCUT2D eigenvalue weighted by Crippen LogP contribution is 2.50. The van der Waals surface area contributed by atoms with E-state index in [4.69, 9.17) is 0 Å². The van der Waals surface area contributed by atoms with Crippen LogP contribution in [0.2, 0.25) is 0 Å². The maximum Gasteiger partial charge on any atom is 0.0468 e. The molecular weight excluding hydrogens is 687 g/mol. The molecule has 0 N–H and O–H groups in total. The van der Waals surface area contributed by atoms with E-state index < -0.39 is 0 Å². The zero-order chi connectivity index (χ0) is 38.3. The third-order valence-corrected chi connectivity index (χ3v) is 11.3. The largest absolute Gasteiger partial charge is 0.310 e. The molecule has 0 aliphatic rings. The summed E-state index contributed by atoms with van der Waals surface area (Å²) in [4.78, 5) is 2.42. The minimum absolute atomic E-state index is 1.12. The molecule has 0 atom stereocenters. The van der Waals surface area contributed by atoms with Crippen LogP contribution in [0.1, 0.15) is 11.1 Å². The molecule has 1 heteroatoms. The molecule has 57 heavy (non-hydrogen) atoms. The predicted molar refractivity (Wildman–Crippen MR) is 245 cm³/mol. The average Bonchev–Trinajstić information content (AvgIpc) is 3.27. The van der Waals surface area contributed by atoms with E-state index in [1.165, 1.54) is 88.0 Å². The SMILES string of the molecule is Cc1cc(C)cc(N(c2ccc(-c3ccccc3)cc2)c2ccc3c(c2)c2ccccc2c2c(-c4ccccc4)cc(-c4ccccc4)c(-c4ccccc4)c32)c1. The van der Waals surface area contributed by atoms with Crippen molar-refractivity contribution in [3.05, 3.63) is 223 Å². The summed E-state index contributed by atoms with van der Waals surface area (Å²) in [5.41, 5.74) is 15.6. The Morgan fingerprint density at radius 3 is 1.37 bits per heavy atom. The third-order valence-electron chi connectivity index (χ3n) is 11.3. The molecule has 0 saturated heterocycles. The van der Waals surface area contributed by atoms with Gasteiger partial charge in [0.15, 0.2) is 0 Å². The molecule has 0 aromatic heterocycles. The fourth-order valence-corrected chi connectivity index (χ4v) is 8.84. The van der Waals surface area contributed by atoms with Gasteiger partial charge in [0.05, 0.1) is 0 Å². The Labute approximate surface area is 334 Å². The van der Waals surface area contributed by atoms with Gasteiger partial charge in [0.1, 0.15) is 0 Å². The van der Waals surface area contributed by atoms with Gasteiger partial charge < -0.3 is 4.90 Å². The van der Waals surface area contributed by atoms with Gasteiger partial charge in [-0.1, -0.05) is 170 Å². The van der Waals surface area contributed by atoms with Crippen molar-refractivity contribution in [2.45, 2.75) is 13.8 Å². The highest BCUT2D eigenvalue weighted by molar-refractivity contribution is 6.33. The van der Waals surface area contributed by atoms with Gasteiger partial charge in [0, 0.05) is 17.1 Å². The Morgan fingerprint density at radius 2 is 0.754 bits per heavy atom. The van der Waals surface area contributed by atoms with Gasteiger partial charge in [-0.25, -0.2) is 0 Å². The van der Waals surface area contributed by atoms with Crippen LogP contribution in [0.3, 0.4) is 0 Å². The molecule has 10 aromatic rings. The third kappa shape index (κ3) is 6.24. The van der Waals surface area contributed by atoms with Crippen molar-refractivity contribution in [1.82, 2.24) is 0 Å². The second kappa shape index (κ2) is 14.5. The molecule has 0 spiro atoms. The van der Waals surface area contributed by atoms with Crippen LogP contribution >= 0.6 is 0 Å². The summed E-state index contributed by atoms with van der Waals surface area (Å²) in [6.45, 7) is 4.37. The van der Waals surface area contributed by atoms with Gasteiger partial charge >= 0.3 is 0 Å². The van der Waals surface area contributed by atoms with E-state index >= 15 is 0 Å².